The average molecular weight is 295 g/mol. The quantitative estimate of drug-likeness (QED) is 0.718. The van der Waals surface area contributed by atoms with Crippen LogP contribution in [0, 0.1) is 11.3 Å². The van der Waals surface area contributed by atoms with Crippen LogP contribution in [-0.2, 0) is 21.2 Å². The van der Waals surface area contributed by atoms with E-state index in [0.717, 1.165) is 12.0 Å². The molecule has 0 heterocycles. The highest BCUT2D eigenvalue weighted by molar-refractivity contribution is 7.89. The smallest absolute Gasteiger partial charge is 0.240 e. The number of hydrogen-bond acceptors (Lipinski definition) is 4. The molecule has 1 aromatic carbocycles. The molecule has 7 heteroatoms. The Bertz CT molecular complexity index is 588. The number of nitrogens with zero attached hydrogens (tertiary/aromatic N) is 1. The highest BCUT2D eigenvalue weighted by Crippen LogP contribution is 2.10. The van der Waals surface area contributed by atoms with Crippen LogP contribution in [0.25, 0.3) is 0 Å². The van der Waals surface area contributed by atoms with E-state index in [1.54, 1.807) is 30.3 Å². The number of benzene rings is 1. The number of amides is 1. The third kappa shape index (κ3) is 4.99. The lowest BCUT2D eigenvalue weighted by atomic mass is 10.2. The van der Waals surface area contributed by atoms with Gasteiger partial charge in [0.2, 0.25) is 15.9 Å². The first-order chi connectivity index (χ1) is 9.49. The monoisotopic (exact) mass is 295 g/mol. The van der Waals surface area contributed by atoms with E-state index in [1.807, 2.05) is 6.92 Å². The molecule has 0 spiro atoms. The van der Waals surface area contributed by atoms with Crippen LogP contribution in [0.1, 0.15) is 18.9 Å². The van der Waals surface area contributed by atoms with Crippen molar-refractivity contribution in [3.63, 3.8) is 0 Å². The summed E-state index contributed by atoms with van der Waals surface area (Å²) in [7, 11) is -3.56. The van der Waals surface area contributed by atoms with Crippen molar-refractivity contribution >= 4 is 15.9 Å². The first-order valence-corrected chi connectivity index (χ1v) is 7.70. The van der Waals surface area contributed by atoms with Crippen molar-refractivity contribution in [2.45, 2.75) is 24.7 Å². The molecule has 6 nitrogen and oxygen atoms in total. The Kier molecular flexibility index (Phi) is 6.15. The number of sulfonamides is 1. The summed E-state index contributed by atoms with van der Waals surface area (Å²) < 4.78 is 26.2. The van der Waals surface area contributed by atoms with E-state index in [1.165, 1.54) is 0 Å². The van der Waals surface area contributed by atoms with E-state index in [9.17, 15) is 13.2 Å². The predicted molar refractivity (Wildman–Crippen MR) is 74.2 cm³/mol. The Morgan fingerprint density at radius 2 is 1.90 bits per heavy atom. The first kappa shape index (κ1) is 16.1. The summed E-state index contributed by atoms with van der Waals surface area (Å²) in [5, 5.41) is 10.7. The molecule has 1 rings (SSSR count). The standard InChI is InChI=1S/C13H17N3O3S/c1-2-11-3-5-12(6-4-11)20(18,19)16-10-9-15-13(17)7-8-14/h3-6,16H,2,7,9-10H2,1H3,(H,15,17). The molecule has 0 saturated carbocycles. The molecular formula is C13H17N3O3S. The van der Waals surface area contributed by atoms with Crippen molar-refractivity contribution in [3.05, 3.63) is 29.8 Å². The summed E-state index contributed by atoms with van der Waals surface area (Å²) in [5.74, 6) is -0.418. The summed E-state index contributed by atoms with van der Waals surface area (Å²) in [4.78, 5) is 11.2. The fourth-order valence-electron chi connectivity index (χ4n) is 1.51. The van der Waals surface area contributed by atoms with Crippen LogP contribution < -0.4 is 10.0 Å². The molecule has 1 aromatic rings. The lowest BCUT2D eigenvalue weighted by molar-refractivity contribution is -0.120. The average Bonchev–Trinajstić information content (AvgIpc) is 2.44. The van der Waals surface area contributed by atoms with Gasteiger partial charge in [0.15, 0.2) is 0 Å². The molecule has 0 aliphatic rings. The molecule has 0 aliphatic heterocycles. The van der Waals surface area contributed by atoms with Gasteiger partial charge in [-0.15, -0.1) is 0 Å². The van der Waals surface area contributed by atoms with Gasteiger partial charge in [0, 0.05) is 13.1 Å². The third-order valence-electron chi connectivity index (χ3n) is 2.62. The van der Waals surface area contributed by atoms with Gasteiger partial charge >= 0.3 is 0 Å². The van der Waals surface area contributed by atoms with E-state index < -0.39 is 15.9 Å². The number of carbonyl (C=O) groups is 1. The van der Waals surface area contributed by atoms with Crippen LogP contribution in [0.2, 0.25) is 0 Å². The summed E-state index contributed by atoms with van der Waals surface area (Å²) in [6, 6.07) is 8.35. The van der Waals surface area contributed by atoms with Gasteiger partial charge in [-0.3, -0.25) is 4.79 Å². The van der Waals surface area contributed by atoms with Crippen LogP contribution in [-0.4, -0.2) is 27.4 Å². The van der Waals surface area contributed by atoms with Gasteiger partial charge in [0.25, 0.3) is 0 Å². The molecule has 2 N–H and O–H groups in total. The second-order valence-electron chi connectivity index (χ2n) is 4.08. The van der Waals surface area contributed by atoms with E-state index in [4.69, 9.17) is 5.26 Å². The first-order valence-electron chi connectivity index (χ1n) is 6.22. The van der Waals surface area contributed by atoms with Crippen molar-refractivity contribution in [2.75, 3.05) is 13.1 Å². The molecule has 0 aliphatic carbocycles. The van der Waals surface area contributed by atoms with Gasteiger partial charge < -0.3 is 5.32 Å². The zero-order valence-corrected chi connectivity index (χ0v) is 12.0. The number of aryl methyl sites for hydroxylation is 1. The van der Waals surface area contributed by atoms with Gasteiger partial charge in [-0.2, -0.15) is 5.26 Å². The maximum atomic E-state index is 11.9. The van der Waals surface area contributed by atoms with Gasteiger partial charge in [0.05, 0.1) is 11.0 Å². The molecule has 0 radical (unpaired) electrons. The SMILES string of the molecule is CCc1ccc(S(=O)(=O)NCCNC(=O)CC#N)cc1. The molecule has 0 aromatic heterocycles. The maximum absolute atomic E-state index is 11.9. The normalized spacial score (nSPS) is 10.8. The van der Waals surface area contributed by atoms with Crippen LogP contribution in [0.15, 0.2) is 29.2 Å². The largest absolute Gasteiger partial charge is 0.354 e. The van der Waals surface area contributed by atoms with Crippen molar-refractivity contribution in [2.24, 2.45) is 0 Å². The number of nitrogens with one attached hydrogen (secondary N) is 2. The number of hydrogen-bond donors (Lipinski definition) is 2. The number of nitriles is 1. The van der Waals surface area contributed by atoms with Crippen molar-refractivity contribution in [3.8, 4) is 6.07 Å². The van der Waals surface area contributed by atoms with E-state index in [2.05, 4.69) is 10.0 Å². The summed E-state index contributed by atoms with van der Waals surface area (Å²) in [6.07, 6.45) is 0.615. The second kappa shape index (κ2) is 7.62. The minimum atomic E-state index is -3.56. The molecule has 0 fully saturated rings. The van der Waals surface area contributed by atoms with Gasteiger partial charge in [-0.05, 0) is 24.1 Å². The van der Waals surface area contributed by atoms with Crippen molar-refractivity contribution < 1.29 is 13.2 Å². The van der Waals surface area contributed by atoms with Crippen molar-refractivity contribution in [1.82, 2.24) is 10.0 Å². The van der Waals surface area contributed by atoms with Crippen LogP contribution in [0.5, 0.6) is 0 Å². The molecular weight excluding hydrogens is 278 g/mol. The highest BCUT2D eigenvalue weighted by atomic mass is 32.2. The van der Waals surface area contributed by atoms with E-state index in [0.29, 0.717) is 0 Å². The Balaban J connectivity index is 2.49. The number of rotatable bonds is 7. The molecule has 108 valence electrons. The predicted octanol–water partition coefficient (Wildman–Crippen LogP) is 0.557. The lowest BCUT2D eigenvalue weighted by Crippen LogP contribution is -2.34. The van der Waals surface area contributed by atoms with Gasteiger partial charge in [-0.25, -0.2) is 13.1 Å². The summed E-state index contributed by atoms with van der Waals surface area (Å²) in [6.45, 7) is 2.22. The molecule has 0 saturated heterocycles. The van der Waals surface area contributed by atoms with Gasteiger partial charge in [0.1, 0.15) is 6.42 Å². The van der Waals surface area contributed by atoms with Crippen LogP contribution >= 0.6 is 0 Å². The Labute approximate surface area is 118 Å². The highest BCUT2D eigenvalue weighted by Gasteiger charge is 2.12. The molecule has 0 atom stereocenters. The van der Waals surface area contributed by atoms with Crippen molar-refractivity contribution in [1.29, 1.82) is 5.26 Å². The Morgan fingerprint density at radius 3 is 2.45 bits per heavy atom. The summed E-state index contributed by atoms with van der Waals surface area (Å²) >= 11 is 0. The van der Waals surface area contributed by atoms with E-state index >= 15 is 0 Å². The molecule has 20 heavy (non-hydrogen) atoms. The van der Waals surface area contributed by atoms with Crippen LogP contribution in [0.4, 0.5) is 0 Å². The maximum Gasteiger partial charge on any atom is 0.240 e. The topological polar surface area (TPSA) is 99.1 Å². The molecule has 0 bridgehead atoms. The minimum Gasteiger partial charge on any atom is -0.354 e. The molecule has 0 unspecified atom stereocenters. The van der Waals surface area contributed by atoms with Crippen LogP contribution in [0.3, 0.4) is 0 Å². The van der Waals surface area contributed by atoms with E-state index in [-0.39, 0.29) is 24.4 Å². The number of carbonyl (C=O) groups excluding carboxylic acids is 1. The fourth-order valence-corrected chi connectivity index (χ4v) is 2.54. The fraction of sp³-hybridized carbons (Fsp3) is 0.385. The summed E-state index contributed by atoms with van der Waals surface area (Å²) in [5.41, 5.74) is 1.06. The zero-order valence-electron chi connectivity index (χ0n) is 11.2. The Hall–Kier alpha value is -1.91. The van der Waals surface area contributed by atoms with Gasteiger partial charge in [-0.1, -0.05) is 19.1 Å². The zero-order chi connectivity index (χ0) is 15.0. The Morgan fingerprint density at radius 1 is 1.25 bits per heavy atom. The second-order valence-corrected chi connectivity index (χ2v) is 5.85. The minimum absolute atomic E-state index is 0.0784. The third-order valence-corrected chi connectivity index (χ3v) is 4.10. The molecule has 1 amide bonds. The lowest BCUT2D eigenvalue weighted by Gasteiger charge is -2.08.